The lowest BCUT2D eigenvalue weighted by Crippen LogP contribution is -1.99. The predicted molar refractivity (Wildman–Crippen MR) is 69.6 cm³/mol. The molecule has 0 saturated carbocycles. The van der Waals surface area contributed by atoms with Crippen molar-refractivity contribution in [3.63, 3.8) is 0 Å². The summed E-state index contributed by atoms with van der Waals surface area (Å²) in [4.78, 5) is 0. The van der Waals surface area contributed by atoms with Gasteiger partial charge in [-0.25, -0.2) is 0 Å². The number of hydrogen-bond donors (Lipinski definition) is 1. The summed E-state index contributed by atoms with van der Waals surface area (Å²) >= 11 is 0. The summed E-state index contributed by atoms with van der Waals surface area (Å²) in [6.07, 6.45) is 2.92. The fourth-order valence-electron chi connectivity index (χ4n) is 1.80. The molecule has 0 aliphatic heterocycles. The van der Waals surface area contributed by atoms with Crippen LogP contribution in [0.5, 0.6) is 5.75 Å². The second kappa shape index (κ2) is 5.69. The Kier molecular flexibility index (Phi) is 3.99. The first-order valence-electron chi connectivity index (χ1n) is 6.17. The summed E-state index contributed by atoms with van der Waals surface area (Å²) in [5, 5.41) is 14.4. The summed E-state index contributed by atoms with van der Waals surface area (Å²) in [7, 11) is 0. The van der Waals surface area contributed by atoms with E-state index in [-0.39, 0.29) is 0 Å². The molecule has 4 heteroatoms. The first kappa shape index (κ1) is 12.6. The van der Waals surface area contributed by atoms with Crippen LogP contribution in [0.15, 0.2) is 36.7 Å². The Morgan fingerprint density at radius 1 is 1.22 bits per heavy atom. The van der Waals surface area contributed by atoms with Gasteiger partial charge in [0.25, 0.3) is 0 Å². The maximum Gasteiger partial charge on any atom is 0.119 e. The molecule has 0 amide bonds. The Labute approximate surface area is 107 Å². The molecule has 1 aromatic carbocycles. The molecule has 0 aliphatic rings. The number of nitrogens with zero attached hydrogens (tertiary/aromatic N) is 2. The second-order valence-electron chi connectivity index (χ2n) is 4.03. The minimum atomic E-state index is -0.638. The molecule has 1 N–H and O–H groups in total. The highest BCUT2D eigenvalue weighted by atomic mass is 16.5. The molecule has 0 saturated heterocycles. The average molecular weight is 246 g/mol. The second-order valence-corrected chi connectivity index (χ2v) is 4.03. The number of aryl methyl sites for hydroxylation is 1. The molecule has 18 heavy (non-hydrogen) atoms. The monoisotopic (exact) mass is 246 g/mol. The van der Waals surface area contributed by atoms with Crippen LogP contribution in [0.4, 0.5) is 0 Å². The molecule has 0 aliphatic carbocycles. The molecule has 0 spiro atoms. The van der Waals surface area contributed by atoms with Gasteiger partial charge < -0.3 is 9.84 Å². The fourth-order valence-corrected chi connectivity index (χ4v) is 1.80. The van der Waals surface area contributed by atoms with Gasteiger partial charge in [-0.05, 0) is 31.5 Å². The first-order chi connectivity index (χ1) is 8.74. The molecule has 2 aromatic rings. The third kappa shape index (κ3) is 2.71. The van der Waals surface area contributed by atoms with Crippen molar-refractivity contribution in [3.05, 3.63) is 47.8 Å². The standard InChI is InChI=1S/C14H18N2O2/c1-3-16-10-12(9-15-16)14(17)11-5-7-13(8-6-11)18-4-2/h5-10,14,17H,3-4H2,1-2H3. The molecule has 96 valence electrons. The highest BCUT2D eigenvalue weighted by molar-refractivity contribution is 5.32. The van der Waals surface area contributed by atoms with Crippen LogP contribution in [0.25, 0.3) is 0 Å². The average Bonchev–Trinajstić information content (AvgIpc) is 2.88. The SMILES string of the molecule is CCOc1ccc(C(O)c2cnn(CC)c2)cc1. The van der Waals surface area contributed by atoms with Crippen LogP contribution in [-0.2, 0) is 6.54 Å². The summed E-state index contributed by atoms with van der Waals surface area (Å²) in [6.45, 7) is 5.41. The van der Waals surface area contributed by atoms with Crippen molar-refractivity contribution in [2.45, 2.75) is 26.5 Å². The number of aliphatic hydroxyl groups excluding tert-OH is 1. The van der Waals surface area contributed by atoms with Crippen LogP contribution in [0.3, 0.4) is 0 Å². The lowest BCUT2D eigenvalue weighted by atomic mass is 10.0. The van der Waals surface area contributed by atoms with Gasteiger partial charge in [0.15, 0.2) is 0 Å². The van der Waals surface area contributed by atoms with E-state index in [0.29, 0.717) is 6.61 Å². The highest BCUT2D eigenvalue weighted by Gasteiger charge is 2.12. The van der Waals surface area contributed by atoms with Crippen LogP contribution in [0.2, 0.25) is 0 Å². The third-order valence-corrected chi connectivity index (χ3v) is 2.80. The Hall–Kier alpha value is -1.81. The van der Waals surface area contributed by atoms with Gasteiger partial charge in [-0.3, -0.25) is 4.68 Å². The van der Waals surface area contributed by atoms with Crippen molar-refractivity contribution in [2.75, 3.05) is 6.61 Å². The molecular formula is C14H18N2O2. The smallest absolute Gasteiger partial charge is 0.119 e. The molecule has 1 heterocycles. The fraction of sp³-hybridized carbons (Fsp3) is 0.357. The van der Waals surface area contributed by atoms with Gasteiger partial charge in [0.1, 0.15) is 11.9 Å². The van der Waals surface area contributed by atoms with E-state index < -0.39 is 6.10 Å². The molecule has 1 aromatic heterocycles. The lowest BCUT2D eigenvalue weighted by Gasteiger charge is -2.10. The summed E-state index contributed by atoms with van der Waals surface area (Å²) in [5.74, 6) is 0.817. The van der Waals surface area contributed by atoms with Crippen molar-refractivity contribution < 1.29 is 9.84 Å². The zero-order chi connectivity index (χ0) is 13.0. The van der Waals surface area contributed by atoms with E-state index in [1.165, 1.54) is 0 Å². The number of aliphatic hydroxyl groups is 1. The van der Waals surface area contributed by atoms with Crippen LogP contribution in [0.1, 0.15) is 31.1 Å². The van der Waals surface area contributed by atoms with E-state index in [1.807, 2.05) is 44.3 Å². The number of hydrogen-bond acceptors (Lipinski definition) is 3. The van der Waals surface area contributed by atoms with Crippen molar-refractivity contribution >= 4 is 0 Å². The van der Waals surface area contributed by atoms with Crippen LogP contribution >= 0.6 is 0 Å². The van der Waals surface area contributed by atoms with Crippen LogP contribution < -0.4 is 4.74 Å². The van der Waals surface area contributed by atoms with Gasteiger partial charge in [-0.2, -0.15) is 5.10 Å². The van der Waals surface area contributed by atoms with Gasteiger partial charge in [-0.1, -0.05) is 12.1 Å². The van der Waals surface area contributed by atoms with Crippen molar-refractivity contribution in [3.8, 4) is 5.75 Å². The summed E-state index contributed by atoms with van der Waals surface area (Å²) in [6, 6.07) is 7.48. The van der Waals surface area contributed by atoms with Gasteiger partial charge in [-0.15, -0.1) is 0 Å². The molecule has 1 unspecified atom stereocenters. The number of ether oxygens (including phenoxy) is 1. The van der Waals surface area contributed by atoms with Crippen LogP contribution in [0, 0.1) is 0 Å². The summed E-state index contributed by atoms with van der Waals surface area (Å²) < 4.78 is 7.17. The zero-order valence-corrected chi connectivity index (χ0v) is 10.7. The molecule has 4 nitrogen and oxygen atoms in total. The topological polar surface area (TPSA) is 47.3 Å². The van der Waals surface area contributed by atoms with Gasteiger partial charge in [0.05, 0.1) is 12.8 Å². The van der Waals surface area contributed by atoms with Crippen LogP contribution in [-0.4, -0.2) is 21.5 Å². The van der Waals surface area contributed by atoms with E-state index in [4.69, 9.17) is 4.74 Å². The van der Waals surface area contributed by atoms with E-state index in [0.717, 1.165) is 23.4 Å². The third-order valence-electron chi connectivity index (χ3n) is 2.80. The Morgan fingerprint density at radius 2 is 1.94 bits per heavy atom. The minimum Gasteiger partial charge on any atom is -0.494 e. The Balaban J connectivity index is 2.14. The number of aromatic nitrogens is 2. The van der Waals surface area contributed by atoms with Crippen molar-refractivity contribution in [1.29, 1.82) is 0 Å². The zero-order valence-electron chi connectivity index (χ0n) is 10.7. The Morgan fingerprint density at radius 3 is 2.50 bits per heavy atom. The maximum atomic E-state index is 10.2. The van der Waals surface area contributed by atoms with Gasteiger partial charge >= 0.3 is 0 Å². The number of benzene rings is 1. The number of rotatable bonds is 5. The Bertz CT molecular complexity index is 491. The summed E-state index contributed by atoms with van der Waals surface area (Å²) in [5.41, 5.74) is 1.65. The molecular weight excluding hydrogens is 228 g/mol. The molecule has 0 radical (unpaired) electrons. The quantitative estimate of drug-likeness (QED) is 0.881. The maximum absolute atomic E-state index is 10.2. The van der Waals surface area contributed by atoms with Gasteiger partial charge in [0.2, 0.25) is 0 Å². The largest absolute Gasteiger partial charge is 0.494 e. The molecule has 2 rings (SSSR count). The highest BCUT2D eigenvalue weighted by Crippen LogP contribution is 2.23. The molecule has 1 atom stereocenters. The van der Waals surface area contributed by atoms with E-state index in [1.54, 1.807) is 10.9 Å². The van der Waals surface area contributed by atoms with Crippen molar-refractivity contribution in [2.24, 2.45) is 0 Å². The van der Waals surface area contributed by atoms with E-state index >= 15 is 0 Å². The molecule has 0 bridgehead atoms. The van der Waals surface area contributed by atoms with Gasteiger partial charge in [0, 0.05) is 18.3 Å². The normalized spacial score (nSPS) is 12.4. The van der Waals surface area contributed by atoms with E-state index in [9.17, 15) is 5.11 Å². The lowest BCUT2D eigenvalue weighted by molar-refractivity contribution is 0.220. The van der Waals surface area contributed by atoms with E-state index in [2.05, 4.69) is 5.10 Å². The first-order valence-corrected chi connectivity index (χ1v) is 6.17. The van der Waals surface area contributed by atoms with Crippen molar-refractivity contribution in [1.82, 2.24) is 9.78 Å². The predicted octanol–water partition coefficient (Wildman–Crippen LogP) is 2.38. The molecule has 0 fully saturated rings. The minimum absolute atomic E-state index is 0.638.